The molecule has 0 aliphatic carbocycles. The van der Waals surface area contributed by atoms with E-state index in [1.54, 1.807) is 24.3 Å². The summed E-state index contributed by atoms with van der Waals surface area (Å²) in [6.45, 7) is 4.22. The Hall–Kier alpha value is -2.30. The van der Waals surface area contributed by atoms with Crippen LogP contribution in [0.25, 0.3) is 5.69 Å². The van der Waals surface area contributed by atoms with E-state index < -0.39 is 5.56 Å². The van der Waals surface area contributed by atoms with Crippen molar-refractivity contribution in [2.24, 2.45) is 0 Å². The van der Waals surface area contributed by atoms with Gasteiger partial charge in [-0.1, -0.05) is 49.2 Å². The number of hydrogen-bond acceptors (Lipinski definition) is 3. The summed E-state index contributed by atoms with van der Waals surface area (Å²) >= 11 is 12.0. The van der Waals surface area contributed by atoms with Crippen molar-refractivity contribution in [1.29, 1.82) is 0 Å². The van der Waals surface area contributed by atoms with Crippen molar-refractivity contribution < 1.29 is 4.74 Å². The smallest absolute Gasteiger partial charge is 0.316 e. The number of aromatic nitrogens is 2. The molecule has 6 heteroatoms. The summed E-state index contributed by atoms with van der Waals surface area (Å²) in [4.78, 5) is 12.7. The third kappa shape index (κ3) is 3.86. The monoisotopic (exact) mass is 374 g/mol. The van der Waals surface area contributed by atoms with E-state index in [0.29, 0.717) is 22.4 Å². The first kappa shape index (κ1) is 17.5. The minimum Gasteiger partial charge on any atom is -0.450 e. The molecule has 3 aromatic rings. The van der Waals surface area contributed by atoms with Crippen molar-refractivity contribution in [1.82, 2.24) is 9.78 Å². The van der Waals surface area contributed by atoms with Gasteiger partial charge in [-0.15, -0.1) is 0 Å². The van der Waals surface area contributed by atoms with Gasteiger partial charge in [0, 0.05) is 5.02 Å². The molecule has 2 aromatic carbocycles. The molecule has 0 atom stereocenters. The molecule has 1 heterocycles. The SMILES string of the molecule is CC(C)c1ccc(-n2ncc(Cl)c(Oc3ccc(Cl)cc3)c2=O)cc1. The summed E-state index contributed by atoms with van der Waals surface area (Å²) in [6, 6.07) is 14.3. The summed E-state index contributed by atoms with van der Waals surface area (Å²) in [5.41, 5.74) is 1.40. The summed E-state index contributed by atoms with van der Waals surface area (Å²) < 4.78 is 6.92. The van der Waals surface area contributed by atoms with Crippen LogP contribution in [0, 0.1) is 0 Å². The molecule has 3 rings (SSSR count). The van der Waals surface area contributed by atoms with Crippen LogP contribution in [0.1, 0.15) is 25.3 Å². The molecule has 0 radical (unpaired) electrons. The maximum Gasteiger partial charge on any atom is 0.316 e. The number of ether oxygens (including phenoxy) is 1. The molecule has 25 heavy (non-hydrogen) atoms. The van der Waals surface area contributed by atoms with Crippen molar-refractivity contribution in [3.8, 4) is 17.2 Å². The molecule has 1 aromatic heterocycles. The molecule has 0 saturated carbocycles. The van der Waals surface area contributed by atoms with Crippen molar-refractivity contribution >= 4 is 23.2 Å². The summed E-state index contributed by atoms with van der Waals surface area (Å²) in [7, 11) is 0. The fourth-order valence-electron chi connectivity index (χ4n) is 2.32. The molecule has 0 aliphatic rings. The van der Waals surface area contributed by atoms with E-state index in [1.807, 2.05) is 24.3 Å². The van der Waals surface area contributed by atoms with Gasteiger partial charge in [-0.3, -0.25) is 4.79 Å². The molecule has 128 valence electrons. The Morgan fingerprint density at radius 2 is 1.64 bits per heavy atom. The quantitative estimate of drug-likeness (QED) is 0.609. The van der Waals surface area contributed by atoms with E-state index >= 15 is 0 Å². The normalized spacial score (nSPS) is 10.9. The molecule has 0 bridgehead atoms. The number of hydrogen-bond donors (Lipinski definition) is 0. The fourth-order valence-corrected chi connectivity index (χ4v) is 2.60. The van der Waals surface area contributed by atoms with Gasteiger partial charge < -0.3 is 4.74 Å². The van der Waals surface area contributed by atoms with Gasteiger partial charge >= 0.3 is 5.56 Å². The Bertz CT molecular complexity index is 933. The largest absolute Gasteiger partial charge is 0.450 e. The maximum absolute atomic E-state index is 12.7. The highest BCUT2D eigenvalue weighted by Gasteiger charge is 2.14. The van der Waals surface area contributed by atoms with E-state index in [1.165, 1.54) is 16.4 Å². The highest BCUT2D eigenvalue weighted by atomic mass is 35.5. The van der Waals surface area contributed by atoms with Crippen LogP contribution in [0.15, 0.2) is 59.5 Å². The summed E-state index contributed by atoms with van der Waals surface area (Å²) in [5.74, 6) is 0.899. The molecule has 0 saturated heterocycles. The second-order valence-electron chi connectivity index (χ2n) is 5.84. The number of benzene rings is 2. The van der Waals surface area contributed by atoms with Crippen LogP contribution >= 0.6 is 23.2 Å². The van der Waals surface area contributed by atoms with E-state index in [2.05, 4.69) is 18.9 Å². The predicted octanol–water partition coefficient (Wildman–Crippen LogP) is 5.46. The van der Waals surface area contributed by atoms with Crippen LogP contribution in [-0.4, -0.2) is 9.78 Å². The maximum atomic E-state index is 12.7. The van der Waals surface area contributed by atoms with Crippen LogP contribution < -0.4 is 10.3 Å². The summed E-state index contributed by atoms with van der Waals surface area (Å²) in [6.07, 6.45) is 1.39. The standard InChI is InChI=1S/C19H16Cl2N2O2/c1-12(2)13-3-7-15(8-4-13)23-19(24)18(17(21)11-22-23)25-16-9-5-14(20)6-10-16/h3-12H,1-2H3. The van der Waals surface area contributed by atoms with Gasteiger partial charge in [-0.25, -0.2) is 0 Å². The topological polar surface area (TPSA) is 44.1 Å². The van der Waals surface area contributed by atoms with E-state index in [-0.39, 0.29) is 10.8 Å². The van der Waals surface area contributed by atoms with Crippen LogP contribution in [0.4, 0.5) is 0 Å². The Morgan fingerprint density at radius 1 is 1.00 bits per heavy atom. The van der Waals surface area contributed by atoms with Crippen LogP contribution in [0.5, 0.6) is 11.5 Å². The van der Waals surface area contributed by atoms with Gasteiger partial charge in [0.05, 0.1) is 11.9 Å². The lowest BCUT2D eigenvalue weighted by molar-refractivity contribution is 0.468. The third-order valence-corrected chi connectivity index (χ3v) is 4.25. The number of halogens is 2. The average molecular weight is 375 g/mol. The Morgan fingerprint density at radius 3 is 2.24 bits per heavy atom. The lowest BCUT2D eigenvalue weighted by Crippen LogP contribution is -2.22. The molecule has 0 unspecified atom stereocenters. The lowest BCUT2D eigenvalue weighted by Gasteiger charge is -2.11. The van der Waals surface area contributed by atoms with Crippen LogP contribution in [-0.2, 0) is 0 Å². The number of rotatable bonds is 4. The minimum atomic E-state index is -0.431. The van der Waals surface area contributed by atoms with Crippen molar-refractivity contribution in [2.75, 3.05) is 0 Å². The van der Waals surface area contributed by atoms with Gasteiger partial charge in [-0.05, 0) is 47.9 Å². The van der Waals surface area contributed by atoms with Gasteiger partial charge in [-0.2, -0.15) is 9.78 Å². The van der Waals surface area contributed by atoms with E-state index in [0.717, 1.165) is 0 Å². The van der Waals surface area contributed by atoms with Gasteiger partial charge in [0.1, 0.15) is 10.8 Å². The molecule has 0 fully saturated rings. The average Bonchev–Trinajstić information content (AvgIpc) is 2.60. The zero-order valence-electron chi connectivity index (χ0n) is 13.7. The Balaban J connectivity index is 1.99. The van der Waals surface area contributed by atoms with Crippen molar-refractivity contribution in [3.05, 3.63) is 80.7 Å². The first-order valence-corrected chi connectivity index (χ1v) is 8.53. The Labute approximate surface area is 155 Å². The van der Waals surface area contributed by atoms with Crippen LogP contribution in [0.3, 0.4) is 0 Å². The minimum absolute atomic E-state index is 0.0203. The fraction of sp³-hybridized carbons (Fsp3) is 0.158. The predicted molar refractivity (Wildman–Crippen MR) is 100 cm³/mol. The van der Waals surface area contributed by atoms with Crippen molar-refractivity contribution in [3.63, 3.8) is 0 Å². The van der Waals surface area contributed by atoms with Gasteiger partial charge in [0.15, 0.2) is 0 Å². The highest BCUT2D eigenvalue weighted by molar-refractivity contribution is 6.32. The lowest BCUT2D eigenvalue weighted by atomic mass is 10.0. The summed E-state index contributed by atoms with van der Waals surface area (Å²) in [5, 5.41) is 4.84. The van der Waals surface area contributed by atoms with Gasteiger partial charge in [0.2, 0.25) is 5.75 Å². The van der Waals surface area contributed by atoms with Crippen molar-refractivity contribution in [2.45, 2.75) is 19.8 Å². The first-order chi connectivity index (χ1) is 12.0. The molecular formula is C19H16Cl2N2O2. The molecular weight excluding hydrogens is 359 g/mol. The van der Waals surface area contributed by atoms with E-state index in [4.69, 9.17) is 27.9 Å². The molecule has 4 nitrogen and oxygen atoms in total. The molecule has 0 spiro atoms. The zero-order valence-corrected chi connectivity index (χ0v) is 15.3. The number of nitrogens with zero attached hydrogens (tertiary/aromatic N) is 2. The second kappa shape index (κ2) is 7.30. The highest BCUT2D eigenvalue weighted by Crippen LogP contribution is 2.26. The third-order valence-electron chi connectivity index (χ3n) is 3.73. The van der Waals surface area contributed by atoms with E-state index in [9.17, 15) is 4.79 Å². The zero-order chi connectivity index (χ0) is 18.0. The Kier molecular flexibility index (Phi) is 5.11. The molecule has 0 amide bonds. The van der Waals surface area contributed by atoms with Crippen LogP contribution in [0.2, 0.25) is 10.0 Å². The molecule has 0 aliphatic heterocycles. The second-order valence-corrected chi connectivity index (χ2v) is 6.68. The molecule has 0 N–H and O–H groups in total. The van der Waals surface area contributed by atoms with Gasteiger partial charge in [0.25, 0.3) is 0 Å². The first-order valence-electron chi connectivity index (χ1n) is 7.77.